The Morgan fingerprint density at radius 3 is 2.62 bits per heavy atom. The highest BCUT2D eigenvalue weighted by atomic mass is 79.9. The molecular weight excluding hydrogens is 333 g/mol. The van der Waals surface area contributed by atoms with Crippen LogP contribution in [0.3, 0.4) is 0 Å². The van der Waals surface area contributed by atoms with Gasteiger partial charge >= 0.3 is 0 Å². The van der Waals surface area contributed by atoms with E-state index in [-0.39, 0.29) is 17.5 Å². The van der Waals surface area contributed by atoms with Gasteiger partial charge in [-0.3, -0.25) is 0 Å². The van der Waals surface area contributed by atoms with Crippen molar-refractivity contribution < 1.29 is 9.13 Å². The van der Waals surface area contributed by atoms with Gasteiger partial charge in [0.15, 0.2) is 0 Å². The van der Waals surface area contributed by atoms with E-state index in [1.54, 1.807) is 6.07 Å². The summed E-state index contributed by atoms with van der Waals surface area (Å²) in [6.07, 6.45) is 6.79. The summed E-state index contributed by atoms with van der Waals surface area (Å²) in [6, 6.07) is 5.20. The molecule has 1 aromatic rings. The molecule has 1 unspecified atom stereocenters. The predicted molar refractivity (Wildman–Crippen MR) is 88.1 cm³/mol. The molecule has 1 saturated carbocycles. The Morgan fingerprint density at radius 1 is 1.33 bits per heavy atom. The summed E-state index contributed by atoms with van der Waals surface area (Å²) in [4.78, 5) is 0. The van der Waals surface area contributed by atoms with Gasteiger partial charge in [-0.2, -0.15) is 0 Å². The van der Waals surface area contributed by atoms with E-state index in [4.69, 9.17) is 4.74 Å². The molecule has 1 aliphatic carbocycles. The number of likely N-dealkylation sites (N-methyl/N-ethyl adjacent to an activating group) is 1. The van der Waals surface area contributed by atoms with Crippen LogP contribution >= 0.6 is 15.9 Å². The van der Waals surface area contributed by atoms with Crippen LogP contribution in [0.4, 0.5) is 4.39 Å². The minimum Gasteiger partial charge on any atom is -0.377 e. The van der Waals surface area contributed by atoms with Crippen molar-refractivity contribution >= 4 is 15.9 Å². The van der Waals surface area contributed by atoms with Gasteiger partial charge in [0.1, 0.15) is 5.82 Å². The number of hydrogen-bond acceptors (Lipinski definition) is 2. The lowest BCUT2D eigenvalue weighted by atomic mass is 9.77. The molecule has 0 radical (unpaired) electrons. The summed E-state index contributed by atoms with van der Waals surface area (Å²) < 4.78 is 20.1. The van der Waals surface area contributed by atoms with Gasteiger partial charge in [0, 0.05) is 17.6 Å². The summed E-state index contributed by atoms with van der Waals surface area (Å²) >= 11 is 3.48. The second-order valence-electron chi connectivity index (χ2n) is 5.88. The molecule has 1 N–H and O–H groups in total. The van der Waals surface area contributed by atoms with Crippen LogP contribution < -0.4 is 5.32 Å². The van der Waals surface area contributed by atoms with Crippen molar-refractivity contribution in [2.45, 2.75) is 57.1 Å². The maximum atomic E-state index is 13.3. The van der Waals surface area contributed by atoms with Crippen molar-refractivity contribution in [1.82, 2.24) is 5.32 Å². The van der Waals surface area contributed by atoms with Crippen LogP contribution in [-0.2, 0) is 11.2 Å². The number of methoxy groups -OCH3 is 1. The van der Waals surface area contributed by atoms with Gasteiger partial charge in [-0.05, 0) is 43.5 Å². The maximum Gasteiger partial charge on any atom is 0.124 e. The SMILES string of the molecule is CCNC(Cc1ccc(F)cc1Br)C1(OC)CCCCC1. The largest absolute Gasteiger partial charge is 0.377 e. The highest BCUT2D eigenvalue weighted by Crippen LogP contribution is 2.36. The number of rotatable bonds is 6. The van der Waals surface area contributed by atoms with Gasteiger partial charge in [-0.1, -0.05) is 48.2 Å². The predicted octanol–water partition coefficient (Wildman–Crippen LogP) is 4.46. The van der Waals surface area contributed by atoms with Crippen molar-refractivity contribution in [3.63, 3.8) is 0 Å². The minimum atomic E-state index is -0.204. The molecule has 118 valence electrons. The molecule has 1 aromatic carbocycles. The Hall–Kier alpha value is -0.450. The number of hydrogen-bond donors (Lipinski definition) is 1. The zero-order valence-electron chi connectivity index (χ0n) is 12.9. The van der Waals surface area contributed by atoms with E-state index in [1.807, 2.05) is 13.2 Å². The molecule has 21 heavy (non-hydrogen) atoms. The Kier molecular flexibility index (Phi) is 6.20. The van der Waals surface area contributed by atoms with E-state index >= 15 is 0 Å². The van der Waals surface area contributed by atoms with Gasteiger partial charge in [0.25, 0.3) is 0 Å². The number of halogens is 2. The summed E-state index contributed by atoms with van der Waals surface area (Å²) in [5, 5.41) is 3.59. The van der Waals surface area contributed by atoms with E-state index in [1.165, 1.54) is 25.3 Å². The topological polar surface area (TPSA) is 21.3 Å². The van der Waals surface area contributed by atoms with E-state index in [9.17, 15) is 4.39 Å². The molecule has 0 aliphatic heterocycles. The van der Waals surface area contributed by atoms with Crippen LogP contribution in [0.5, 0.6) is 0 Å². The zero-order valence-corrected chi connectivity index (χ0v) is 14.5. The monoisotopic (exact) mass is 357 g/mol. The Bertz CT molecular complexity index is 460. The molecule has 2 nitrogen and oxygen atoms in total. The fourth-order valence-corrected chi connectivity index (χ4v) is 3.96. The third-order valence-electron chi connectivity index (χ3n) is 4.63. The summed E-state index contributed by atoms with van der Waals surface area (Å²) in [5.74, 6) is -0.204. The number of ether oxygens (including phenoxy) is 1. The second-order valence-corrected chi connectivity index (χ2v) is 6.73. The van der Waals surface area contributed by atoms with Crippen LogP contribution in [0.2, 0.25) is 0 Å². The molecule has 0 aromatic heterocycles. The molecule has 4 heteroatoms. The normalized spacial score (nSPS) is 19.4. The molecule has 1 fully saturated rings. The van der Waals surface area contributed by atoms with E-state index in [0.717, 1.165) is 35.8 Å². The van der Waals surface area contributed by atoms with Crippen LogP contribution in [0, 0.1) is 5.82 Å². The van der Waals surface area contributed by atoms with Gasteiger partial charge in [-0.25, -0.2) is 4.39 Å². The molecule has 0 amide bonds. The van der Waals surface area contributed by atoms with E-state index in [2.05, 4.69) is 28.2 Å². The first-order chi connectivity index (χ1) is 10.1. The number of nitrogens with one attached hydrogen (secondary N) is 1. The van der Waals surface area contributed by atoms with Gasteiger partial charge in [-0.15, -0.1) is 0 Å². The molecule has 0 spiro atoms. The average Bonchev–Trinajstić information content (AvgIpc) is 2.50. The van der Waals surface area contributed by atoms with Crippen LogP contribution in [0.15, 0.2) is 22.7 Å². The standard InChI is InChI=1S/C17H25BrFNO/c1-3-20-16(17(21-2)9-5-4-6-10-17)11-13-7-8-14(19)12-15(13)18/h7-8,12,16,20H,3-6,9-11H2,1-2H3. The van der Waals surface area contributed by atoms with Crippen LogP contribution in [0.25, 0.3) is 0 Å². The average molecular weight is 358 g/mol. The van der Waals surface area contributed by atoms with E-state index < -0.39 is 0 Å². The van der Waals surface area contributed by atoms with Crippen LogP contribution in [0.1, 0.15) is 44.6 Å². The quantitative estimate of drug-likeness (QED) is 0.811. The number of benzene rings is 1. The molecule has 2 rings (SSSR count). The summed E-state index contributed by atoms with van der Waals surface area (Å²) in [5.41, 5.74) is 1.03. The lowest BCUT2D eigenvalue weighted by Gasteiger charge is -2.43. The fraction of sp³-hybridized carbons (Fsp3) is 0.647. The van der Waals surface area contributed by atoms with Gasteiger partial charge < -0.3 is 10.1 Å². The van der Waals surface area contributed by atoms with E-state index in [0.29, 0.717) is 0 Å². The Morgan fingerprint density at radius 2 is 2.05 bits per heavy atom. The first kappa shape index (κ1) is 16.9. The summed E-state index contributed by atoms with van der Waals surface area (Å²) in [7, 11) is 1.83. The first-order valence-electron chi connectivity index (χ1n) is 7.84. The molecule has 0 saturated heterocycles. The van der Waals surface area contributed by atoms with Gasteiger partial charge in [0.05, 0.1) is 5.60 Å². The molecule has 1 atom stereocenters. The maximum absolute atomic E-state index is 13.3. The lowest BCUT2D eigenvalue weighted by molar-refractivity contribution is -0.0670. The molecule has 0 heterocycles. The minimum absolute atomic E-state index is 0.0952. The second kappa shape index (κ2) is 7.70. The third-order valence-corrected chi connectivity index (χ3v) is 5.37. The summed E-state index contributed by atoms with van der Waals surface area (Å²) in [6.45, 7) is 3.04. The molecular formula is C17H25BrFNO. The van der Waals surface area contributed by atoms with Crippen molar-refractivity contribution in [2.75, 3.05) is 13.7 Å². The Labute approximate surface area is 135 Å². The van der Waals surface area contributed by atoms with Gasteiger partial charge in [0.2, 0.25) is 0 Å². The zero-order chi connectivity index (χ0) is 15.3. The highest BCUT2D eigenvalue weighted by molar-refractivity contribution is 9.10. The van der Waals surface area contributed by atoms with Crippen molar-refractivity contribution in [2.24, 2.45) is 0 Å². The smallest absolute Gasteiger partial charge is 0.124 e. The third kappa shape index (κ3) is 4.05. The first-order valence-corrected chi connectivity index (χ1v) is 8.63. The van der Waals surface area contributed by atoms with Crippen molar-refractivity contribution in [3.05, 3.63) is 34.1 Å². The van der Waals surface area contributed by atoms with Crippen molar-refractivity contribution in [1.29, 1.82) is 0 Å². The molecule has 0 bridgehead atoms. The lowest BCUT2D eigenvalue weighted by Crippen LogP contribution is -2.54. The highest BCUT2D eigenvalue weighted by Gasteiger charge is 2.39. The fourth-order valence-electron chi connectivity index (χ4n) is 3.44. The van der Waals surface area contributed by atoms with Crippen LogP contribution in [-0.4, -0.2) is 25.3 Å². The van der Waals surface area contributed by atoms with Crippen molar-refractivity contribution in [3.8, 4) is 0 Å². The Balaban J connectivity index is 2.21. The molecule has 1 aliphatic rings.